The molecular weight excluding hydrogens is 757 g/mol. The van der Waals surface area contributed by atoms with Crippen LogP contribution < -0.4 is 20.3 Å². The van der Waals surface area contributed by atoms with Gasteiger partial charge in [-0.25, -0.2) is 0 Å². The number of ether oxygens (including phenoxy) is 1. The molecule has 9 atom stereocenters. The molecule has 4 fully saturated rings. The van der Waals surface area contributed by atoms with Crippen molar-refractivity contribution in [1.29, 1.82) is 0 Å². The van der Waals surface area contributed by atoms with E-state index in [0.29, 0.717) is 42.0 Å². The Hall–Kier alpha value is -4.46. The van der Waals surface area contributed by atoms with Gasteiger partial charge in [0.05, 0.1) is 26.4 Å². The number of likely N-dealkylation sites (N-methyl/N-ethyl adjacent to an activating group) is 1. The molecule has 4 aliphatic rings. The van der Waals surface area contributed by atoms with Crippen molar-refractivity contribution in [1.82, 2.24) is 25.2 Å². The number of methoxy groups -OCH3 is 1. The maximum Gasteiger partial charge on any atom is 0.251 e. The number of nitrogens with zero attached hydrogens (tertiary/aromatic N) is 4. The topological polar surface area (TPSA) is 132 Å². The number of amides is 2. The smallest absolute Gasteiger partial charge is 0.251 e. The van der Waals surface area contributed by atoms with Gasteiger partial charge in [0.25, 0.3) is 5.91 Å². The van der Waals surface area contributed by atoms with Crippen molar-refractivity contribution in [2.75, 3.05) is 53.4 Å². The Morgan fingerprint density at radius 3 is 2.43 bits per heavy atom. The van der Waals surface area contributed by atoms with Gasteiger partial charge in [0.2, 0.25) is 5.91 Å². The van der Waals surface area contributed by atoms with Crippen LogP contribution in [-0.2, 0) is 29.6 Å². The molecule has 60 heavy (non-hydrogen) atoms. The second-order valence-electron chi connectivity index (χ2n) is 18.8. The molecule has 1 saturated heterocycles. The lowest BCUT2D eigenvalue weighted by molar-refractivity contribution is -0.183. The Morgan fingerprint density at radius 1 is 1.03 bits per heavy atom. The van der Waals surface area contributed by atoms with Crippen LogP contribution in [-0.4, -0.2) is 115 Å². The van der Waals surface area contributed by atoms with Crippen molar-refractivity contribution < 1.29 is 29.4 Å². The lowest BCUT2D eigenvalue weighted by atomic mass is 9.45. The SMILES string of the molecule is COc1c(CN2O[C@@H](CO)[C@H](C(C)O)[C@H]2C(=O)N[C@H]2C[C@H]3C[C@@H]([C@@H]2C)C3(C)C)cccc1-c1cc(C(=O)N[C@H](Cc2cn(C)c3ccccc23)CN(C)C)cc(N(C)C)c1. The Labute approximate surface area is 355 Å². The molecule has 1 aromatic heterocycles. The minimum atomic E-state index is -0.907. The van der Waals surface area contributed by atoms with E-state index in [1.54, 1.807) is 19.1 Å². The summed E-state index contributed by atoms with van der Waals surface area (Å²) in [4.78, 5) is 39.0. The van der Waals surface area contributed by atoms with Gasteiger partial charge in [-0.2, -0.15) is 5.06 Å². The Kier molecular flexibility index (Phi) is 12.7. The number of aliphatic hydroxyl groups is 2. The molecular formula is C48H66N6O6. The van der Waals surface area contributed by atoms with Crippen molar-refractivity contribution in [3.05, 3.63) is 83.6 Å². The first kappa shape index (κ1) is 43.6. The van der Waals surface area contributed by atoms with E-state index in [2.05, 4.69) is 72.3 Å². The van der Waals surface area contributed by atoms with Gasteiger partial charge >= 0.3 is 0 Å². The lowest BCUT2D eigenvalue weighted by Gasteiger charge is -2.62. The summed E-state index contributed by atoms with van der Waals surface area (Å²) in [5.41, 5.74) is 6.31. The number of anilines is 1. The molecule has 1 unspecified atom stereocenters. The summed E-state index contributed by atoms with van der Waals surface area (Å²) in [7, 11) is 11.6. The van der Waals surface area contributed by atoms with Crippen molar-refractivity contribution in [3.63, 3.8) is 0 Å². The Balaban J connectivity index is 1.16. The number of para-hydroxylation sites is 2. The number of aromatic nitrogens is 1. The van der Waals surface area contributed by atoms with Crippen LogP contribution in [0.3, 0.4) is 0 Å². The summed E-state index contributed by atoms with van der Waals surface area (Å²) in [6.45, 7) is 9.05. The van der Waals surface area contributed by atoms with E-state index in [9.17, 15) is 19.8 Å². The van der Waals surface area contributed by atoms with Crippen LogP contribution in [0.5, 0.6) is 5.75 Å². The number of aryl methyl sites for hydroxylation is 1. The zero-order valence-corrected chi connectivity index (χ0v) is 37.1. The van der Waals surface area contributed by atoms with E-state index in [1.165, 1.54) is 17.4 Å². The molecule has 4 aromatic rings. The molecule has 2 amide bonds. The highest BCUT2D eigenvalue weighted by atomic mass is 16.7. The summed E-state index contributed by atoms with van der Waals surface area (Å²) >= 11 is 0. The maximum atomic E-state index is 14.4. The first-order chi connectivity index (χ1) is 28.5. The number of aliphatic hydroxyl groups excluding tert-OH is 2. The molecule has 0 radical (unpaired) electrons. The zero-order valence-electron chi connectivity index (χ0n) is 37.1. The average Bonchev–Trinajstić information content (AvgIpc) is 3.74. The van der Waals surface area contributed by atoms with Crippen LogP contribution in [0.1, 0.15) is 62.0 Å². The molecule has 4 N–H and O–H groups in total. The van der Waals surface area contributed by atoms with Crippen LogP contribution in [0.25, 0.3) is 22.0 Å². The van der Waals surface area contributed by atoms with Crippen molar-refractivity contribution in [2.24, 2.45) is 36.1 Å². The maximum absolute atomic E-state index is 14.4. The fourth-order valence-corrected chi connectivity index (χ4v) is 10.7. The van der Waals surface area contributed by atoms with Crippen LogP contribution >= 0.6 is 0 Å². The highest BCUT2D eigenvalue weighted by Crippen LogP contribution is 2.61. The zero-order chi connectivity index (χ0) is 43.2. The third kappa shape index (κ3) is 8.41. The summed E-state index contributed by atoms with van der Waals surface area (Å²) in [5, 5.41) is 31.0. The number of hydrogen-bond acceptors (Lipinski definition) is 9. The van der Waals surface area contributed by atoms with Crippen LogP contribution in [0.2, 0.25) is 0 Å². The summed E-state index contributed by atoms with van der Waals surface area (Å²) in [6.07, 6.45) is 3.28. The number of carbonyl (C=O) groups is 2. The van der Waals surface area contributed by atoms with E-state index in [4.69, 9.17) is 9.57 Å². The molecule has 12 nitrogen and oxygen atoms in total. The number of nitrogens with one attached hydrogen (secondary N) is 2. The van der Waals surface area contributed by atoms with E-state index in [0.717, 1.165) is 34.3 Å². The molecule has 0 spiro atoms. The Bertz CT molecular complexity index is 2180. The third-order valence-electron chi connectivity index (χ3n) is 14.1. The second kappa shape index (κ2) is 17.5. The molecule has 3 aromatic carbocycles. The summed E-state index contributed by atoms with van der Waals surface area (Å²) in [5.74, 6) is 0.996. The quantitative estimate of drug-likeness (QED) is 0.123. The molecule has 2 heterocycles. The Morgan fingerprint density at radius 2 is 1.78 bits per heavy atom. The van der Waals surface area contributed by atoms with Crippen LogP contribution in [0, 0.1) is 29.1 Å². The third-order valence-corrected chi connectivity index (χ3v) is 14.1. The fraction of sp³-hybridized carbons (Fsp3) is 0.542. The molecule has 8 rings (SSSR count). The minimum absolute atomic E-state index is 0.0311. The number of fused-ring (bicyclic) bond motifs is 3. The van der Waals surface area contributed by atoms with Gasteiger partial charge in [0.15, 0.2) is 0 Å². The van der Waals surface area contributed by atoms with Crippen LogP contribution in [0.4, 0.5) is 5.69 Å². The summed E-state index contributed by atoms with van der Waals surface area (Å²) in [6, 6.07) is 19.1. The van der Waals surface area contributed by atoms with Gasteiger partial charge < -0.3 is 40.0 Å². The molecule has 2 bridgehead atoms. The average molecular weight is 823 g/mol. The van der Waals surface area contributed by atoms with E-state index < -0.39 is 24.2 Å². The number of carbonyl (C=O) groups excluding carboxylic acids is 2. The molecule has 324 valence electrons. The van der Waals surface area contributed by atoms with Gasteiger partial charge in [-0.3, -0.25) is 14.4 Å². The summed E-state index contributed by atoms with van der Waals surface area (Å²) < 4.78 is 8.28. The van der Waals surface area contributed by atoms with Crippen molar-refractivity contribution >= 4 is 28.4 Å². The predicted molar refractivity (Wildman–Crippen MR) is 237 cm³/mol. The molecule has 3 saturated carbocycles. The molecule has 1 aliphatic heterocycles. The monoisotopic (exact) mass is 823 g/mol. The van der Waals surface area contributed by atoms with Crippen molar-refractivity contribution in [3.8, 4) is 16.9 Å². The van der Waals surface area contributed by atoms with E-state index >= 15 is 0 Å². The first-order valence-electron chi connectivity index (χ1n) is 21.5. The number of hydroxylamine groups is 2. The first-order valence-corrected chi connectivity index (χ1v) is 21.5. The van der Waals surface area contributed by atoms with Crippen LogP contribution in [0.15, 0.2) is 66.9 Å². The number of hydrogen-bond donors (Lipinski definition) is 4. The van der Waals surface area contributed by atoms with Crippen molar-refractivity contribution in [2.45, 2.75) is 83.8 Å². The second-order valence-corrected chi connectivity index (χ2v) is 18.8. The predicted octanol–water partition coefficient (Wildman–Crippen LogP) is 5.48. The van der Waals surface area contributed by atoms with Gasteiger partial charge in [-0.1, -0.05) is 57.2 Å². The highest BCUT2D eigenvalue weighted by Gasteiger charge is 2.57. The normalized spacial score (nSPS) is 25.8. The lowest BCUT2D eigenvalue weighted by Crippen LogP contribution is -2.62. The van der Waals surface area contributed by atoms with E-state index in [-0.39, 0.29) is 42.5 Å². The number of benzene rings is 3. The van der Waals surface area contributed by atoms with E-state index in [1.807, 2.05) is 75.6 Å². The largest absolute Gasteiger partial charge is 0.496 e. The van der Waals surface area contributed by atoms with Gasteiger partial charge in [-0.15, -0.1) is 0 Å². The fourth-order valence-electron chi connectivity index (χ4n) is 10.7. The minimum Gasteiger partial charge on any atom is -0.496 e. The molecule has 12 heteroatoms. The number of rotatable bonds is 15. The highest BCUT2D eigenvalue weighted by molar-refractivity contribution is 5.97. The molecule has 3 aliphatic carbocycles. The van der Waals surface area contributed by atoms with Gasteiger partial charge in [0, 0.05) is 85.2 Å². The van der Waals surface area contributed by atoms with Gasteiger partial charge in [0.1, 0.15) is 17.9 Å². The standard InChI is InChI=1S/C48H66N6O6/c1-28-39-22-34(48(39,3)4)23-40(28)50-47(58)44-43(29(2)56)42(27-55)60-54(44)25-30-14-13-16-38(45(30)59-10)31-18-32(21-36(20-31)52(7)8)46(57)49-35(26-51(5)6)19-33-24-53(9)41-17-12-11-15-37(33)41/h11-18,20-21,24,28-29,34-35,39-40,42-44,55-56H,19,22-23,25-27H2,1-10H3,(H,49,57)(H,50,58)/t28-,29?,34+,35+,39-,40-,42-,43-,44-/m0/s1. The van der Waals surface area contributed by atoms with Gasteiger partial charge in [-0.05, 0) is 98.8 Å².